The van der Waals surface area contributed by atoms with Crippen LogP contribution in [-0.2, 0) is 16.2 Å². The Morgan fingerprint density at radius 2 is 2.04 bits per heavy atom. The minimum Gasteiger partial charge on any atom is -0.392 e. The molecule has 0 spiro atoms. The van der Waals surface area contributed by atoms with Crippen molar-refractivity contribution in [3.8, 4) is 0 Å². The van der Waals surface area contributed by atoms with Gasteiger partial charge in [0.2, 0.25) is 11.8 Å². The molecule has 2 amide bonds. The first-order valence-electron chi connectivity index (χ1n) is 8.53. The van der Waals surface area contributed by atoms with E-state index in [4.69, 9.17) is 0 Å². The molecule has 1 aromatic carbocycles. The minimum absolute atomic E-state index is 0.0551. The van der Waals surface area contributed by atoms with Crippen LogP contribution in [0.1, 0.15) is 44.7 Å². The average molecular weight is 332 g/mol. The molecule has 132 valence electrons. The molecule has 0 aliphatic carbocycles. The predicted octanol–water partition coefficient (Wildman–Crippen LogP) is 2.71. The summed E-state index contributed by atoms with van der Waals surface area (Å²) in [6.45, 7) is 8.78. The van der Waals surface area contributed by atoms with E-state index in [0.29, 0.717) is 6.54 Å². The average Bonchev–Trinajstić information content (AvgIpc) is 2.55. The fraction of sp³-hybridized carbons (Fsp3) is 0.579. The van der Waals surface area contributed by atoms with Crippen molar-refractivity contribution in [1.29, 1.82) is 0 Å². The Balaban J connectivity index is 2.06. The highest BCUT2D eigenvalue weighted by molar-refractivity contribution is 5.94. The van der Waals surface area contributed by atoms with E-state index in [1.807, 2.05) is 44.7 Å². The molecule has 0 bridgehead atoms. The van der Waals surface area contributed by atoms with Gasteiger partial charge in [0.1, 0.15) is 0 Å². The van der Waals surface area contributed by atoms with Crippen LogP contribution in [0.25, 0.3) is 0 Å². The molecule has 1 heterocycles. The molecule has 1 saturated heterocycles. The summed E-state index contributed by atoms with van der Waals surface area (Å²) < 4.78 is 0. The lowest BCUT2D eigenvalue weighted by Crippen LogP contribution is -2.47. The molecule has 5 heteroatoms. The molecule has 1 atom stereocenters. The Hall–Kier alpha value is -1.88. The van der Waals surface area contributed by atoms with E-state index >= 15 is 0 Å². The van der Waals surface area contributed by atoms with Crippen LogP contribution in [0, 0.1) is 18.3 Å². The molecule has 1 aromatic rings. The maximum atomic E-state index is 12.6. The molecule has 1 aliphatic rings. The van der Waals surface area contributed by atoms with Crippen molar-refractivity contribution < 1.29 is 14.7 Å². The Kier molecular flexibility index (Phi) is 5.65. The number of nitrogens with one attached hydrogen (secondary N) is 1. The van der Waals surface area contributed by atoms with Crippen LogP contribution in [-0.4, -0.2) is 34.9 Å². The second-order valence-electron chi connectivity index (χ2n) is 7.64. The van der Waals surface area contributed by atoms with Crippen molar-refractivity contribution in [3.63, 3.8) is 0 Å². The summed E-state index contributed by atoms with van der Waals surface area (Å²) >= 11 is 0. The van der Waals surface area contributed by atoms with Crippen LogP contribution in [0.15, 0.2) is 18.2 Å². The number of carbonyl (C=O) groups is 2. The lowest BCUT2D eigenvalue weighted by molar-refractivity contribution is -0.142. The number of likely N-dealkylation sites (tertiary alicyclic amines) is 1. The lowest BCUT2D eigenvalue weighted by Gasteiger charge is -2.36. The van der Waals surface area contributed by atoms with Crippen LogP contribution in [0.5, 0.6) is 0 Å². The van der Waals surface area contributed by atoms with E-state index < -0.39 is 5.41 Å². The highest BCUT2D eigenvalue weighted by atomic mass is 16.3. The number of rotatable bonds is 3. The normalized spacial score (nSPS) is 18.4. The molecule has 2 N–H and O–H groups in total. The number of amides is 2. The molecule has 0 radical (unpaired) electrons. The summed E-state index contributed by atoms with van der Waals surface area (Å²) in [5.74, 6) is -0.153. The van der Waals surface area contributed by atoms with E-state index in [9.17, 15) is 14.7 Å². The zero-order valence-corrected chi connectivity index (χ0v) is 15.1. The number of piperidine rings is 1. The molecule has 1 unspecified atom stereocenters. The minimum atomic E-state index is -0.426. The first-order valence-corrected chi connectivity index (χ1v) is 8.53. The Morgan fingerprint density at radius 3 is 2.67 bits per heavy atom. The molecule has 2 rings (SSSR count). The first kappa shape index (κ1) is 18.5. The van der Waals surface area contributed by atoms with Crippen LogP contribution in [0.4, 0.5) is 5.69 Å². The van der Waals surface area contributed by atoms with Crippen molar-refractivity contribution in [1.82, 2.24) is 4.90 Å². The molecular formula is C19H28N2O3. The van der Waals surface area contributed by atoms with Crippen molar-refractivity contribution >= 4 is 17.5 Å². The summed E-state index contributed by atoms with van der Waals surface area (Å²) in [6.07, 6.45) is 1.63. The van der Waals surface area contributed by atoms with Crippen molar-refractivity contribution in [2.24, 2.45) is 11.3 Å². The summed E-state index contributed by atoms with van der Waals surface area (Å²) in [5.41, 5.74) is 2.03. The second-order valence-corrected chi connectivity index (χ2v) is 7.64. The van der Waals surface area contributed by atoms with Gasteiger partial charge in [-0.1, -0.05) is 32.9 Å². The quantitative estimate of drug-likeness (QED) is 0.894. The Bertz CT molecular complexity index is 620. The fourth-order valence-corrected chi connectivity index (χ4v) is 2.99. The number of aryl methyl sites for hydroxylation is 1. The van der Waals surface area contributed by atoms with Gasteiger partial charge >= 0.3 is 0 Å². The van der Waals surface area contributed by atoms with Gasteiger partial charge in [-0.15, -0.1) is 0 Å². The molecule has 5 nitrogen and oxygen atoms in total. The van der Waals surface area contributed by atoms with E-state index in [-0.39, 0.29) is 24.3 Å². The maximum absolute atomic E-state index is 12.6. The highest BCUT2D eigenvalue weighted by Crippen LogP contribution is 2.25. The predicted molar refractivity (Wildman–Crippen MR) is 94.5 cm³/mol. The third kappa shape index (κ3) is 4.35. The van der Waals surface area contributed by atoms with E-state index in [1.54, 1.807) is 6.07 Å². The van der Waals surface area contributed by atoms with Crippen LogP contribution in [0.3, 0.4) is 0 Å². The topological polar surface area (TPSA) is 69.6 Å². The van der Waals surface area contributed by atoms with E-state index in [0.717, 1.165) is 36.2 Å². The number of hydrogen-bond donors (Lipinski definition) is 2. The van der Waals surface area contributed by atoms with Crippen molar-refractivity contribution in [2.45, 2.75) is 47.1 Å². The smallest absolute Gasteiger partial charge is 0.229 e. The Morgan fingerprint density at radius 1 is 1.33 bits per heavy atom. The largest absolute Gasteiger partial charge is 0.392 e. The molecule has 1 aliphatic heterocycles. The second kappa shape index (κ2) is 7.34. The highest BCUT2D eigenvalue weighted by Gasteiger charge is 2.33. The van der Waals surface area contributed by atoms with Crippen molar-refractivity contribution in [2.75, 3.05) is 18.4 Å². The van der Waals surface area contributed by atoms with Gasteiger partial charge in [0.05, 0.1) is 12.5 Å². The molecular weight excluding hydrogens is 304 g/mol. The summed E-state index contributed by atoms with van der Waals surface area (Å²) in [5, 5.41) is 12.2. The van der Waals surface area contributed by atoms with Gasteiger partial charge in [0, 0.05) is 24.2 Å². The van der Waals surface area contributed by atoms with Gasteiger partial charge in [-0.25, -0.2) is 0 Å². The molecule has 0 saturated carbocycles. The first-order chi connectivity index (χ1) is 11.2. The lowest BCUT2D eigenvalue weighted by atomic mass is 9.91. The monoisotopic (exact) mass is 332 g/mol. The van der Waals surface area contributed by atoms with E-state index in [2.05, 4.69) is 5.32 Å². The molecule has 1 fully saturated rings. The molecule has 24 heavy (non-hydrogen) atoms. The summed E-state index contributed by atoms with van der Waals surface area (Å²) in [7, 11) is 0. The zero-order chi connectivity index (χ0) is 17.9. The third-order valence-electron chi connectivity index (χ3n) is 4.46. The zero-order valence-electron chi connectivity index (χ0n) is 15.1. The maximum Gasteiger partial charge on any atom is 0.229 e. The van der Waals surface area contributed by atoms with Crippen LogP contribution >= 0.6 is 0 Å². The van der Waals surface area contributed by atoms with Gasteiger partial charge < -0.3 is 15.3 Å². The SMILES string of the molecule is Cc1ccc(CO)cc1NC(=O)C1CCCN(C(=O)C(C)(C)C)C1. The standard InChI is InChI=1S/C19H28N2O3/c1-13-7-8-14(12-22)10-16(13)20-17(23)15-6-5-9-21(11-15)18(24)19(2,3)4/h7-8,10,15,22H,5-6,9,11-12H2,1-4H3,(H,20,23). The van der Waals surface area contributed by atoms with Gasteiger partial charge in [0.25, 0.3) is 0 Å². The van der Waals surface area contributed by atoms with Crippen molar-refractivity contribution in [3.05, 3.63) is 29.3 Å². The number of aliphatic hydroxyl groups excluding tert-OH is 1. The number of aliphatic hydroxyl groups is 1. The van der Waals surface area contributed by atoms with Gasteiger partial charge in [0.15, 0.2) is 0 Å². The van der Waals surface area contributed by atoms with Gasteiger partial charge in [-0.2, -0.15) is 0 Å². The molecule has 0 aromatic heterocycles. The summed E-state index contributed by atoms with van der Waals surface area (Å²) in [4.78, 5) is 26.9. The van der Waals surface area contributed by atoms with Crippen LogP contribution < -0.4 is 5.32 Å². The number of benzene rings is 1. The number of anilines is 1. The van der Waals surface area contributed by atoms with E-state index in [1.165, 1.54) is 0 Å². The van der Waals surface area contributed by atoms with Gasteiger partial charge in [-0.05, 0) is 37.0 Å². The summed E-state index contributed by atoms with van der Waals surface area (Å²) in [6, 6.07) is 5.53. The number of nitrogens with zero attached hydrogens (tertiary/aromatic N) is 1. The fourth-order valence-electron chi connectivity index (χ4n) is 2.99. The number of hydrogen-bond acceptors (Lipinski definition) is 3. The van der Waals surface area contributed by atoms with Gasteiger partial charge in [-0.3, -0.25) is 9.59 Å². The Labute approximate surface area is 144 Å². The third-order valence-corrected chi connectivity index (χ3v) is 4.46. The number of carbonyl (C=O) groups excluding carboxylic acids is 2. The van der Waals surface area contributed by atoms with Crippen LogP contribution in [0.2, 0.25) is 0 Å².